The SMILES string of the molecule is COc1cc(O)cc2c1C(=O)OC(C)CCCCCC=C2. The van der Waals surface area contributed by atoms with Crippen molar-refractivity contribution in [2.45, 2.75) is 45.1 Å². The quantitative estimate of drug-likeness (QED) is 0.796. The minimum atomic E-state index is -0.403. The van der Waals surface area contributed by atoms with E-state index in [9.17, 15) is 9.90 Å². The molecule has 1 aromatic rings. The van der Waals surface area contributed by atoms with Gasteiger partial charge in [0.1, 0.15) is 17.1 Å². The van der Waals surface area contributed by atoms with Gasteiger partial charge in [0, 0.05) is 6.07 Å². The molecule has 1 heterocycles. The lowest BCUT2D eigenvalue weighted by molar-refractivity contribution is 0.0315. The van der Waals surface area contributed by atoms with Crippen LogP contribution in [-0.4, -0.2) is 24.3 Å². The predicted molar refractivity (Wildman–Crippen MR) is 81.7 cm³/mol. The molecule has 0 fully saturated rings. The number of ether oxygens (including phenoxy) is 2. The van der Waals surface area contributed by atoms with Crippen molar-refractivity contribution in [3.05, 3.63) is 29.3 Å². The number of benzene rings is 1. The number of phenolic OH excluding ortho intramolecular Hbond substituents is 1. The minimum absolute atomic E-state index is 0.0724. The molecule has 1 N–H and O–H groups in total. The Morgan fingerprint density at radius 1 is 1.29 bits per heavy atom. The first kappa shape index (κ1) is 15.4. The van der Waals surface area contributed by atoms with Crippen molar-refractivity contribution in [1.29, 1.82) is 0 Å². The van der Waals surface area contributed by atoms with E-state index in [1.807, 2.05) is 19.1 Å². The van der Waals surface area contributed by atoms with E-state index in [4.69, 9.17) is 9.47 Å². The Hall–Kier alpha value is -1.97. The number of cyclic esters (lactones) is 1. The molecule has 1 aliphatic rings. The Balaban J connectivity index is 2.44. The number of phenols is 1. The highest BCUT2D eigenvalue weighted by Gasteiger charge is 2.21. The van der Waals surface area contributed by atoms with E-state index >= 15 is 0 Å². The number of rotatable bonds is 1. The summed E-state index contributed by atoms with van der Waals surface area (Å²) in [4.78, 5) is 12.4. The van der Waals surface area contributed by atoms with Gasteiger partial charge in [-0.05, 0) is 44.2 Å². The van der Waals surface area contributed by atoms with Crippen LogP contribution < -0.4 is 4.74 Å². The van der Waals surface area contributed by atoms with Crippen molar-refractivity contribution >= 4 is 12.0 Å². The largest absolute Gasteiger partial charge is 0.508 e. The maximum atomic E-state index is 12.4. The van der Waals surface area contributed by atoms with Gasteiger partial charge < -0.3 is 14.6 Å². The number of hydrogen-bond acceptors (Lipinski definition) is 4. The zero-order valence-electron chi connectivity index (χ0n) is 12.6. The van der Waals surface area contributed by atoms with Crippen molar-refractivity contribution in [3.63, 3.8) is 0 Å². The summed E-state index contributed by atoms with van der Waals surface area (Å²) in [6, 6.07) is 3.00. The van der Waals surface area contributed by atoms with Gasteiger partial charge >= 0.3 is 5.97 Å². The fourth-order valence-corrected chi connectivity index (χ4v) is 2.51. The Morgan fingerprint density at radius 3 is 2.86 bits per heavy atom. The molecule has 21 heavy (non-hydrogen) atoms. The molecule has 4 nitrogen and oxygen atoms in total. The third-order valence-corrected chi connectivity index (χ3v) is 3.63. The predicted octanol–water partition coefficient (Wildman–Crippen LogP) is 3.92. The summed E-state index contributed by atoms with van der Waals surface area (Å²) in [5.74, 6) is 0.00618. The van der Waals surface area contributed by atoms with Crippen molar-refractivity contribution in [2.75, 3.05) is 7.11 Å². The second kappa shape index (κ2) is 7.16. The number of hydrogen-bond donors (Lipinski definition) is 1. The van der Waals surface area contributed by atoms with Gasteiger partial charge in [0.2, 0.25) is 0 Å². The van der Waals surface area contributed by atoms with Gasteiger partial charge in [-0.15, -0.1) is 0 Å². The maximum Gasteiger partial charge on any atom is 0.342 e. The molecule has 0 spiro atoms. The van der Waals surface area contributed by atoms with Gasteiger partial charge in [0.05, 0.1) is 13.2 Å². The third-order valence-electron chi connectivity index (χ3n) is 3.63. The number of carbonyl (C=O) groups excluding carboxylic acids is 1. The van der Waals surface area contributed by atoms with E-state index in [1.165, 1.54) is 13.2 Å². The van der Waals surface area contributed by atoms with E-state index in [0.29, 0.717) is 16.9 Å². The molecule has 114 valence electrons. The minimum Gasteiger partial charge on any atom is -0.508 e. The molecule has 4 heteroatoms. The molecule has 0 aliphatic carbocycles. The first-order chi connectivity index (χ1) is 10.1. The van der Waals surface area contributed by atoms with E-state index < -0.39 is 5.97 Å². The highest BCUT2D eigenvalue weighted by Crippen LogP contribution is 2.30. The first-order valence-electron chi connectivity index (χ1n) is 7.40. The molecule has 1 aromatic carbocycles. The molecule has 1 atom stereocenters. The maximum absolute atomic E-state index is 12.4. The van der Waals surface area contributed by atoms with Crippen LogP contribution in [0.2, 0.25) is 0 Å². The lowest BCUT2D eigenvalue weighted by Gasteiger charge is -2.17. The second-order valence-corrected chi connectivity index (χ2v) is 5.37. The highest BCUT2D eigenvalue weighted by atomic mass is 16.5. The fraction of sp³-hybridized carbons (Fsp3) is 0.471. The molecular formula is C17H22O4. The van der Waals surface area contributed by atoms with Gasteiger partial charge in [-0.25, -0.2) is 4.79 Å². The van der Waals surface area contributed by atoms with Crippen molar-refractivity contribution in [2.24, 2.45) is 0 Å². The third kappa shape index (κ3) is 4.00. The van der Waals surface area contributed by atoms with Crippen LogP contribution in [0, 0.1) is 0 Å². The molecule has 0 amide bonds. The molecule has 2 rings (SSSR count). The van der Waals surface area contributed by atoms with E-state index in [1.54, 1.807) is 6.07 Å². The molecule has 0 aromatic heterocycles. The zero-order chi connectivity index (χ0) is 15.2. The van der Waals surface area contributed by atoms with Gasteiger partial charge in [0.15, 0.2) is 0 Å². The number of aromatic hydroxyl groups is 1. The van der Waals surface area contributed by atoms with Crippen molar-refractivity contribution < 1.29 is 19.4 Å². The van der Waals surface area contributed by atoms with Gasteiger partial charge in [0.25, 0.3) is 0 Å². The van der Waals surface area contributed by atoms with Crippen LogP contribution in [0.1, 0.15) is 54.9 Å². The van der Waals surface area contributed by atoms with Crippen LogP contribution in [0.4, 0.5) is 0 Å². The molecule has 1 unspecified atom stereocenters. The van der Waals surface area contributed by atoms with Crippen LogP contribution in [0.25, 0.3) is 6.08 Å². The summed E-state index contributed by atoms with van der Waals surface area (Å²) in [5.41, 5.74) is 1.00. The molecule has 0 saturated carbocycles. The second-order valence-electron chi connectivity index (χ2n) is 5.37. The molecule has 0 saturated heterocycles. The van der Waals surface area contributed by atoms with E-state index in [0.717, 1.165) is 32.1 Å². The van der Waals surface area contributed by atoms with Crippen molar-refractivity contribution in [3.8, 4) is 11.5 Å². The number of fused-ring (bicyclic) bond motifs is 1. The average Bonchev–Trinajstić information content (AvgIpc) is 2.44. The summed E-state index contributed by atoms with van der Waals surface area (Å²) < 4.78 is 10.7. The monoisotopic (exact) mass is 290 g/mol. The van der Waals surface area contributed by atoms with Crippen LogP contribution >= 0.6 is 0 Å². The van der Waals surface area contributed by atoms with Crippen molar-refractivity contribution in [1.82, 2.24) is 0 Å². The normalized spacial score (nSPS) is 19.9. The smallest absolute Gasteiger partial charge is 0.342 e. The topological polar surface area (TPSA) is 55.8 Å². The summed E-state index contributed by atoms with van der Waals surface area (Å²) >= 11 is 0. The Bertz CT molecular complexity index is 534. The highest BCUT2D eigenvalue weighted by molar-refractivity contribution is 5.97. The number of allylic oxidation sites excluding steroid dienone is 1. The zero-order valence-corrected chi connectivity index (χ0v) is 12.6. The average molecular weight is 290 g/mol. The van der Waals surface area contributed by atoms with Crippen LogP contribution in [0.15, 0.2) is 18.2 Å². The van der Waals surface area contributed by atoms with Gasteiger partial charge in [-0.2, -0.15) is 0 Å². The van der Waals surface area contributed by atoms with Gasteiger partial charge in [-0.1, -0.05) is 18.6 Å². The summed E-state index contributed by atoms with van der Waals surface area (Å²) in [6.07, 6.45) is 8.88. The Morgan fingerprint density at radius 2 is 2.10 bits per heavy atom. The van der Waals surface area contributed by atoms with Crippen LogP contribution in [0.3, 0.4) is 0 Å². The molecule has 0 radical (unpaired) electrons. The van der Waals surface area contributed by atoms with E-state index in [-0.39, 0.29) is 11.9 Å². The standard InChI is InChI=1S/C17H22O4/c1-12-8-6-4-3-5-7-9-13-10-14(18)11-15(20-2)16(13)17(19)21-12/h7,9-12,18H,3-6,8H2,1-2H3. The first-order valence-corrected chi connectivity index (χ1v) is 7.40. The van der Waals surface area contributed by atoms with Crippen LogP contribution in [0.5, 0.6) is 11.5 Å². The lowest BCUT2D eigenvalue weighted by Crippen LogP contribution is -2.17. The van der Waals surface area contributed by atoms with Gasteiger partial charge in [-0.3, -0.25) is 0 Å². The fourth-order valence-electron chi connectivity index (χ4n) is 2.51. The number of methoxy groups -OCH3 is 1. The molecule has 1 aliphatic heterocycles. The Kier molecular flexibility index (Phi) is 5.26. The lowest BCUT2D eigenvalue weighted by atomic mass is 10.0. The number of carbonyl (C=O) groups is 1. The Labute approximate surface area is 125 Å². The summed E-state index contributed by atoms with van der Waals surface area (Å²) in [5, 5.41) is 9.76. The molecular weight excluding hydrogens is 268 g/mol. The number of esters is 1. The van der Waals surface area contributed by atoms with E-state index in [2.05, 4.69) is 0 Å². The molecule has 0 bridgehead atoms. The summed E-state index contributed by atoms with van der Waals surface area (Å²) in [7, 11) is 1.48. The summed E-state index contributed by atoms with van der Waals surface area (Å²) in [6.45, 7) is 1.91. The van der Waals surface area contributed by atoms with Crippen LogP contribution in [-0.2, 0) is 4.74 Å².